The monoisotopic (exact) mass is 292 g/mol. The highest BCUT2D eigenvalue weighted by Gasteiger charge is 2.30. The van der Waals surface area contributed by atoms with Gasteiger partial charge in [0, 0.05) is 19.1 Å². The fraction of sp³-hybridized carbons (Fsp3) is 0.467. The Kier molecular flexibility index (Phi) is 5.16. The van der Waals surface area contributed by atoms with E-state index in [1.807, 2.05) is 30.3 Å². The van der Waals surface area contributed by atoms with E-state index in [0.717, 1.165) is 12.0 Å². The molecule has 1 aromatic carbocycles. The fourth-order valence-electron chi connectivity index (χ4n) is 2.42. The summed E-state index contributed by atoms with van der Waals surface area (Å²) in [5.74, 6) is -0.859. The van der Waals surface area contributed by atoms with Crippen molar-refractivity contribution in [2.45, 2.75) is 19.1 Å². The molecule has 0 unspecified atom stereocenters. The van der Waals surface area contributed by atoms with E-state index in [0.29, 0.717) is 13.1 Å². The lowest BCUT2D eigenvalue weighted by atomic mass is 10.2. The Hall–Kier alpha value is -2.08. The highest BCUT2D eigenvalue weighted by Crippen LogP contribution is 2.15. The molecule has 0 bridgehead atoms. The minimum absolute atomic E-state index is 0.0163. The number of likely N-dealkylation sites (tertiary alicyclic amines) is 1. The van der Waals surface area contributed by atoms with Gasteiger partial charge < -0.3 is 14.7 Å². The van der Waals surface area contributed by atoms with Crippen molar-refractivity contribution >= 4 is 12.1 Å². The van der Waals surface area contributed by atoms with Gasteiger partial charge in [-0.2, -0.15) is 0 Å². The second-order valence-electron chi connectivity index (χ2n) is 5.24. The lowest BCUT2D eigenvalue weighted by molar-refractivity contribution is -0.138. The van der Waals surface area contributed by atoms with Crippen LogP contribution in [0.15, 0.2) is 30.3 Å². The molecule has 1 amide bonds. The van der Waals surface area contributed by atoms with E-state index in [2.05, 4.69) is 0 Å². The van der Waals surface area contributed by atoms with Crippen LogP contribution in [0.25, 0.3) is 0 Å². The number of likely N-dealkylation sites (N-methyl/N-ethyl adjacent to an activating group) is 1. The van der Waals surface area contributed by atoms with Gasteiger partial charge in [-0.15, -0.1) is 0 Å². The van der Waals surface area contributed by atoms with Gasteiger partial charge in [0.2, 0.25) is 0 Å². The third-order valence-electron chi connectivity index (χ3n) is 3.63. The summed E-state index contributed by atoms with van der Waals surface area (Å²) >= 11 is 0. The average molecular weight is 292 g/mol. The molecule has 21 heavy (non-hydrogen) atoms. The Labute approximate surface area is 123 Å². The summed E-state index contributed by atoms with van der Waals surface area (Å²) < 4.78 is 5.27. The van der Waals surface area contributed by atoms with Gasteiger partial charge in [0.05, 0.1) is 6.54 Å². The smallest absolute Gasteiger partial charge is 0.410 e. The van der Waals surface area contributed by atoms with Crippen LogP contribution in [-0.4, -0.2) is 59.7 Å². The first-order valence-electron chi connectivity index (χ1n) is 6.94. The van der Waals surface area contributed by atoms with Crippen LogP contribution in [0.1, 0.15) is 12.0 Å². The number of amides is 1. The van der Waals surface area contributed by atoms with Gasteiger partial charge >= 0.3 is 12.1 Å². The van der Waals surface area contributed by atoms with E-state index < -0.39 is 5.97 Å². The van der Waals surface area contributed by atoms with Crippen molar-refractivity contribution in [1.29, 1.82) is 0 Å². The number of nitrogens with zero attached hydrogens (tertiary/aromatic N) is 2. The maximum Gasteiger partial charge on any atom is 0.410 e. The van der Waals surface area contributed by atoms with Crippen LogP contribution in [0.5, 0.6) is 0 Å². The van der Waals surface area contributed by atoms with E-state index in [1.54, 1.807) is 16.8 Å². The molecular formula is C15H20N2O4. The SMILES string of the molecule is CN(CC(=O)O)[C@@H]1CCN(C(=O)OCc2ccccc2)C1. The Morgan fingerprint density at radius 2 is 2.10 bits per heavy atom. The molecule has 0 spiro atoms. The van der Waals surface area contributed by atoms with Crippen molar-refractivity contribution in [1.82, 2.24) is 9.80 Å². The molecule has 6 heteroatoms. The van der Waals surface area contributed by atoms with E-state index in [1.165, 1.54) is 0 Å². The molecule has 6 nitrogen and oxygen atoms in total. The topological polar surface area (TPSA) is 70.1 Å². The Balaban J connectivity index is 1.78. The second kappa shape index (κ2) is 7.08. The minimum atomic E-state index is -0.859. The van der Waals surface area contributed by atoms with Gasteiger partial charge in [0.15, 0.2) is 0 Å². The fourth-order valence-corrected chi connectivity index (χ4v) is 2.42. The largest absolute Gasteiger partial charge is 0.480 e. The van der Waals surface area contributed by atoms with Crippen LogP contribution >= 0.6 is 0 Å². The second-order valence-corrected chi connectivity index (χ2v) is 5.24. The first kappa shape index (κ1) is 15.3. The number of rotatable bonds is 5. The molecule has 1 fully saturated rings. The number of carbonyl (C=O) groups is 2. The molecule has 1 aromatic rings. The van der Waals surface area contributed by atoms with E-state index in [9.17, 15) is 9.59 Å². The van der Waals surface area contributed by atoms with Gasteiger partial charge in [-0.25, -0.2) is 4.79 Å². The zero-order valence-electron chi connectivity index (χ0n) is 12.1. The zero-order valence-corrected chi connectivity index (χ0v) is 12.1. The number of ether oxygens (including phenoxy) is 1. The lowest BCUT2D eigenvalue weighted by Crippen LogP contribution is -2.39. The van der Waals surface area contributed by atoms with Gasteiger partial charge in [0.1, 0.15) is 6.61 Å². The van der Waals surface area contributed by atoms with Crippen molar-refractivity contribution in [2.75, 3.05) is 26.7 Å². The molecule has 0 radical (unpaired) electrons. The molecule has 0 aliphatic carbocycles. The standard InChI is InChI=1S/C15H20N2O4/c1-16(10-14(18)19)13-7-8-17(9-13)15(20)21-11-12-5-3-2-4-6-12/h2-6,13H,7-11H2,1H3,(H,18,19)/t13-/m1/s1. The molecular weight excluding hydrogens is 272 g/mol. The van der Waals surface area contributed by atoms with Crippen molar-refractivity contribution in [2.24, 2.45) is 0 Å². The van der Waals surface area contributed by atoms with E-state index >= 15 is 0 Å². The molecule has 2 rings (SSSR count). The minimum Gasteiger partial charge on any atom is -0.480 e. The number of carboxylic acids is 1. The van der Waals surface area contributed by atoms with Crippen LogP contribution in [-0.2, 0) is 16.1 Å². The normalized spacial score (nSPS) is 18.0. The third kappa shape index (κ3) is 4.46. The summed E-state index contributed by atoms with van der Waals surface area (Å²) in [6.45, 7) is 1.35. The van der Waals surface area contributed by atoms with Crippen LogP contribution in [0.3, 0.4) is 0 Å². The lowest BCUT2D eigenvalue weighted by Gasteiger charge is -2.22. The van der Waals surface area contributed by atoms with Gasteiger partial charge in [-0.1, -0.05) is 30.3 Å². The number of hydrogen-bond acceptors (Lipinski definition) is 4. The number of aliphatic carboxylic acids is 1. The third-order valence-corrected chi connectivity index (χ3v) is 3.63. The van der Waals surface area contributed by atoms with Crippen molar-refractivity contribution in [3.8, 4) is 0 Å². The number of benzene rings is 1. The zero-order chi connectivity index (χ0) is 15.2. The molecule has 1 aliphatic rings. The number of carboxylic acid groups (broad SMARTS) is 1. The van der Waals surface area contributed by atoms with Gasteiger partial charge in [-0.05, 0) is 19.0 Å². The predicted octanol–water partition coefficient (Wildman–Crippen LogP) is 1.41. The van der Waals surface area contributed by atoms with Crippen LogP contribution < -0.4 is 0 Å². The van der Waals surface area contributed by atoms with Crippen LogP contribution in [0, 0.1) is 0 Å². The highest BCUT2D eigenvalue weighted by atomic mass is 16.6. The molecule has 1 aliphatic heterocycles. The average Bonchev–Trinajstić information content (AvgIpc) is 2.95. The first-order valence-corrected chi connectivity index (χ1v) is 6.94. The van der Waals surface area contributed by atoms with Crippen LogP contribution in [0.4, 0.5) is 4.79 Å². The summed E-state index contributed by atoms with van der Waals surface area (Å²) in [7, 11) is 1.76. The molecule has 0 saturated carbocycles. The predicted molar refractivity (Wildman–Crippen MR) is 76.9 cm³/mol. The highest BCUT2D eigenvalue weighted by molar-refractivity contribution is 5.69. The summed E-state index contributed by atoms with van der Waals surface area (Å²) in [5, 5.41) is 8.78. The van der Waals surface area contributed by atoms with Crippen molar-refractivity contribution < 1.29 is 19.4 Å². The molecule has 1 N–H and O–H groups in total. The molecule has 1 atom stereocenters. The van der Waals surface area contributed by atoms with Crippen molar-refractivity contribution in [3.63, 3.8) is 0 Å². The quantitative estimate of drug-likeness (QED) is 0.888. The molecule has 1 heterocycles. The van der Waals surface area contributed by atoms with Gasteiger partial charge in [-0.3, -0.25) is 9.69 Å². The Morgan fingerprint density at radius 1 is 1.38 bits per heavy atom. The summed E-state index contributed by atoms with van der Waals surface area (Å²) in [6, 6.07) is 9.59. The van der Waals surface area contributed by atoms with E-state index in [4.69, 9.17) is 9.84 Å². The Morgan fingerprint density at radius 3 is 2.76 bits per heavy atom. The van der Waals surface area contributed by atoms with E-state index in [-0.39, 0.29) is 25.3 Å². The maximum absolute atomic E-state index is 12.0. The molecule has 0 aromatic heterocycles. The summed E-state index contributed by atoms with van der Waals surface area (Å²) in [6.07, 6.45) is 0.426. The summed E-state index contributed by atoms with van der Waals surface area (Å²) in [4.78, 5) is 26.1. The first-order chi connectivity index (χ1) is 10.1. The number of carbonyl (C=O) groups excluding carboxylic acids is 1. The maximum atomic E-state index is 12.0. The number of hydrogen-bond donors (Lipinski definition) is 1. The van der Waals surface area contributed by atoms with Gasteiger partial charge in [0.25, 0.3) is 0 Å². The molecule has 1 saturated heterocycles. The molecule has 114 valence electrons. The van der Waals surface area contributed by atoms with Crippen LogP contribution in [0.2, 0.25) is 0 Å². The van der Waals surface area contributed by atoms with Crippen molar-refractivity contribution in [3.05, 3.63) is 35.9 Å². The summed E-state index contributed by atoms with van der Waals surface area (Å²) in [5.41, 5.74) is 0.949. The Bertz CT molecular complexity index is 492.